The molecule has 6 nitrogen and oxygen atoms in total. The highest BCUT2D eigenvalue weighted by Crippen LogP contribution is 2.30. The molecule has 0 spiro atoms. The standard InChI is InChI=1S/C19H21NO5/c1-19(18(22)23,13-7-5-4-6-8-13)12-17(21)20-14-9-15(24-2)11-16(10-14)25-3/h4-11H,12H2,1-3H3,(H,20,21)(H,22,23). The minimum absolute atomic E-state index is 0.203. The van der Waals surface area contributed by atoms with Crippen LogP contribution in [-0.2, 0) is 15.0 Å². The van der Waals surface area contributed by atoms with E-state index in [0.29, 0.717) is 22.7 Å². The van der Waals surface area contributed by atoms with Crippen molar-refractivity contribution >= 4 is 17.6 Å². The van der Waals surface area contributed by atoms with Crippen molar-refractivity contribution in [2.75, 3.05) is 19.5 Å². The van der Waals surface area contributed by atoms with E-state index in [2.05, 4.69) is 5.32 Å². The van der Waals surface area contributed by atoms with Crippen LogP contribution in [0.15, 0.2) is 48.5 Å². The summed E-state index contributed by atoms with van der Waals surface area (Å²) in [4.78, 5) is 24.2. The van der Waals surface area contributed by atoms with E-state index in [9.17, 15) is 14.7 Å². The van der Waals surface area contributed by atoms with E-state index in [-0.39, 0.29) is 6.42 Å². The van der Waals surface area contributed by atoms with Crippen LogP contribution in [0.5, 0.6) is 11.5 Å². The van der Waals surface area contributed by atoms with Crippen molar-refractivity contribution in [1.29, 1.82) is 0 Å². The highest BCUT2D eigenvalue weighted by Gasteiger charge is 2.37. The zero-order chi connectivity index (χ0) is 18.4. The SMILES string of the molecule is COc1cc(NC(=O)CC(C)(C(=O)O)c2ccccc2)cc(OC)c1. The number of methoxy groups -OCH3 is 2. The number of anilines is 1. The number of carbonyl (C=O) groups is 2. The number of carboxylic acids is 1. The average molecular weight is 343 g/mol. The molecular formula is C19H21NO5. The Kier molecular flexibility index (Phi) is 5.64. The summed E-state index contributed by atoms with van der Waals surface area (Å²) in [6.45, 7) is 1.54. The average Bonchev–Trinajstić information content (AvgIpc) is 2.61. The molecule has 1 unspecified atom stereocenters. The number of carboxylic acid groups (broad SMARTS) is 1. The van der Waals surface area contributed by atoms with Gasteiger partial charge < -0.3 is 19.9 Å². The first-order valence-corrected chi connectivity index (χ1v) is 7.71. The smallest absolute Gasteiger partial charge is 0.314 e. The molecule has 1 amide bonds. The Morgan fingerprint density at radius 2 is 1.60 bits per heavy atom. The van der Waals surface area contributed by atoms with Crippen LogP contribution in [0.2, 0.25) is 0 Å². The van der Waals surface area contributed by atoms with Crippen molar-refractivity contribution in [3.8, 4) is 11.5 Å². The van der Waals surface area contributed by atoms with Crippen LogP contribution in [0.25, 0.3) is 0 Å². The van der Waals surface area contributed by atoms with Crippen molar-refractivity contribution < 1.29 is 24.2 Å². The van der Waals surface area contributed by atoms with E-state index in [1.54, 1.807) is 48.5 Å². The summed E-state index contributed by atoms with van der Waals surface area (Å²) in [6, 6.07) is 13.7. The molecule has 2 aromatic carbocycles. The predicted molar refractivity (Wildman–Crippen MR) is 94.2 cm³/mol. The molecule has 132 valence electrons. The lowest BCUT2D eigenvalue weighted by Crippen LogP contribution is -2.36. The molecule has 2 rings (SSSR count). The molecule has 0 bridgehead atoms. The number of rotatable bonds is 7. The summed E-state index contributed by atoms with van der Waals surface area (Å²) >= 11 is 0. The summed E-state index contributed by atoms with van der Waals surface area (Å²) < 4.78 is 10.3. The van der Waals surface area contributed by atoms with Gasteiger partial charge in [0.15, 0.2) is 0 Å². The lowest BCUT2D eigenvalue weighted by Gasteiger charge is -2.24. The molecule has 0 saturated carbocycles. The van der Waals surface area contributed by atoms with Gasteiger partial charge in [-0.2, -0.15) is 0 Å². The fraction of sp³-hybridized carbons (Fsp3) is 0.263. The van der Waals surface area contributed by atoms with Gasteiger partial charge in [0.25, 0.3) is 0 Å². The van der Waals surface area contributed by atoms with Gasteiger partial charge in [-0.15, -0.1) is 0 Å². The van der Waals surface area contributed by atoms with Crippen LogP contribution >= 0.6 is 0 Å². The first-order chi connectivity index (χ1) is 11.9. The molecule has 0 fully saturated rings. The number of hydrogen-bond acceptors (Lipinski definition) is 4. The molecular weight excluding hydrogens is 322 g/mol. The van der Waals surface area contributed by atoms with E-state index >= 15 is 0 Å². The van der Waals surface area contributed by atoms with Gasteiger partial charge in [-0.05, 0) is 12.5 Å². The quantitative estimate of drug-likeness (QED) is 0.807. The third-order valence-corrected chi connectivity index (χ3v) is 4.03. The zero-order valence-electron chi connectivity index (χ0n) is 14.4. The topological polar surface area (TPSA) is 84.9 Å². The first kappa shape index (κ1) is 18.3. The van der Waals surface area contributed by atoms with Gasteiger partial charge in [0.05, 0.1) is 19.6 Å². The highest BCUT2D eigenvalue weighted by atomic mass is 16.5. The van der Waals surface area contributed by atoms with E-state index in [1.165, 1.54) is 21.1 Å². The predicted octanol–water partition coefficient (Wildman–Crippen LogP) is 3.07. The van der Waals surface area contributed by atoms with Crippen LogP contribution in [0, 0.1) is 0 Å². The van der Waals surface area contributed by atoms with Gasteiger partial charge >= 0.3 is 5.97 Å². The van der Waals surface area contributed by atoms with E-state index in [4.69, 9.17) is 9.47 Å². The number of nitrogens with one attached hydrogen (secondary N) is 1. The third-order valence-electron chi connectivity index (χ3n) is 4.03. The monoisotopic (exact) mass is 343 g/mol. The molecule has 0 aliphatic heterocycles. The number of amides is 1. The van der Waals surface area contributed by atoms with Crippen LogP contribution in [0.3, 0.4) is 0 Å². The lowest BCUT2D eigenvalue weighted by atomic mass is 9.79. The Labute approximate surface area is 146 Å². The van der Waals surface area contributed by atoms with Crippen molar-refractivity contribution in [1.82, 2.24) is 0 Å². The minimum Gasteiger partial charge on any atom is -0.497 e. The van der Waals surface area contributed by atoms with Gasteiger partial charge in [0.1, 0.15) is 11.5 Å². The molecule has 0 aromatic heterocycles. The molecule has 2 aromatic rings. The van der Waals surface area contributed by atoms with E-state index in [0.717, 1.165) is 0 Å². The van der Waals surface area contributed by atoms with Crippen molar-refractivity contribution in [3.63, 3.8) is 0 Å². The largest absolute Gasteiger partial charge is 0.497 e. The third kappa shape index (κ3) is 4.29. The Bertz CT molecular complexity index is 737. The van der Waals surface area contributed by atoms with Crippen molar-refractivity contribution in [2.24, 2.45) is 0 Å². The van der Waals surface area contributed by atoms with E-state index in [1.807, 2.05) is 0 Å². The Morgan fingerprint density at radius 3 is 2.08 bits per heavy atom. The summed E-state index contributed by atoms with van der Waals surface area (Å²) in [5, 5.41) is 12.4. The molecule has 0 heterocycles. The number of hydrogen-bond donors (Lipinski definition) is 2. The van der Waals surface area contributed by atoms with Crippen LogP contribution < -0.4 is 14.8 Å². The number of carbonyl (C=O) groups excluding carboxylic acids is 1. The summed E-state index contributed by atoms with van der Waals surface area (Å²) in [7, 11) is 3.02. The summed E-state index contributed by atoms with van der Waals surface area (Å²) in [6.07, 6.45) is -0.203. The number of benzene rings is 2. The van der Waals surface area contributed by atoms with Gasteiger partial charge in [-0.25, -0.2) is 0 Å². The second kappa shape index (κ2) is 7.70. The maximum absolute atomic E-state index is 12.4. The molecule has 6 heteroatoms. The summed E-state index contributed by atoms with van der Waals surface area (Å²) in [5.41, 5.74) is -0.281. The van der Waals surface area contributed by atoms with Crippen molar-refractivity contribution in [3.05, 3.63) is 54.1 Å². The molecule has 25 heavy (non-hydrogen) atoms. The minimum atomic E-state index is -1.33. The van der Waals surface area contributed by atoms with Gasteiger partial charge in [0, 0.05) is 30.3 Å². The van der Waals surface area contributed by atoms with Gasteiger partial charge in [0.2, 0.25) is 5.91 Å². The lowest BCUT2D eigenvalue weighted by molar-refractivity contribution is -0.145. The first-order valence-electron chi connectivity index (χ1n) is 7.71. The molecule has 1 atom stereocenters. The maximum Gasteiger partial charge on any atom is 0.314 e. The van der Waals surface area contributed by atoms with Crippen molar-refractivity contribution in [2.45, 2.75) is 18.8 Å². The molecule has 0 saturated heterocycles. The molecule has 0 radical (unpaired) electrons. The number of aliphatic carboxylic acids is 1. The molecule has 0 aliphatic rings. The van der Waals surface area contributed by atoms with Gasteiger partial charge in [-0.1, -0.05) is 30.3 Å². The van der Waals surface area contributed by atoms with Gasteiger partial charge in [-0.3, -0.25) is 9.59 Å². The summed E-state index contributed by atoms with van der Waals surface area (Å²) in [5.74, 6) is -0.418. The second-order valence-electron chi connectivity index (χ2n) is 5.83. The Morgan fingerprint density at radius 1 is 1.04 bits per heavy atom. The normalized spacial score (nSPS) is 12.8. The Hall–Kier alpha value is -3.02. The van der Waals surface area contributed by atoms with E-state index < -0.39 is 17.3 Å². The van der Waals surface area contributed by atoms with Crippen LogP contribution in [0.1, 0.15) is 18.9 Å². The molecule has 2 N–H and O–H groups in total. The fourth-order valence-corrected chi connectivity index (χ4v) is 2.51. The highest BCUT2D eigenvalue weighted by molar-refractivity contribution is 5.96. The zero-order valence-corrected chi connectivity index (χ0v) is 14.4. The fourth-order valence-electron chi connectivity index (χ4n) is 2.51. The maximum atomic E-state index is 12.4. The Balaban J connectivity index is 2.22. The van der Waals surface area contributed by atoms with Crippen LogP contribution in [-0.4, -0.2) is 31.2 Å². The van der Waals surface area contributed by atoms with Crippen LogP contribution in [0.4, 0.5) is 5.69 Å². The second-order valence-corrected chi connectivity index (χ2v) is 5.83. The number of ether oxygens (including phenoxy) is 2. The molecule has 0 aliphatic carbocycles.